The molecule has 0 aliphatic rings. The minimum absolute atomic E-state index is 0.943. The normalized spacial score (nSPS) is 11.3. The standard InChI is InChI=1S/C46H30N2/c1-3-13-31(14-4-1)45-29-36(30-46(48-45)32-15-5-2-6-16-32)35-25-37(27-38(26-35)44-24-23-33-17-8-12-22-43(33)47-44)42-28-34-18-7-9-19-39(34)40-20-10-11-21-41(40)42/h1-30H. The summed E-state index contributed by atoms with van der Waals surface area (Å²) in [5.41, 5.74) is 11.6. The number of hydrogen-bond acceptors (Lipinski definition) is 2. The molecule has 2 nitrogen and oxygen atoms in total. The fourth-order valence-electron chi connectivity index (χ4n) is 6.83. The smallest absolute Gasteiger partial charge is 0.0715 e. The van der Waals surface area contributed by atoms with Crippen molar-refractivity contribution < 1.29 is 0 Å². The Bertz CT molecular complexity index is 2550. The van der Waals surface area contributed by atoms with Gasteiger partial charge in [-0.2, -0.15) is 0 Å². The van der Waals surface area contributed by atoms with Crippen LogP contribution in [0.3, 0.4) is 0 Å². The number of nitrogens with zero attached hydrogens (tertiary/aromatic N) is 2. The van der Waals surface area contributed by atoms with Gasteiger partial charge in [-0.3, -0.25) is 0 Å². The van der Waals surface area contributed by atoms with Crippen LogP contribution in [0.5, 0.6) is 0 Å². The van der Waals surface area contributed by atoms with Crippen LogP contribution in [0, 0.1) is 0 Å². The number of pyridine rings is 2. The van der Waals surface area contributed by atoms with E-state index in [-0.39, 0.29) is 0 Å². The zero-order chi connectivity index (χ0) is 31.9. The van der Waals surface area contributed by atoms with Gasteiger partial charge >= 0.3 is 0 Å². The summed E-state index contributed by atoms with van der Waals surface area (Å²) < 4.78 is 0. The molecule has 224 valence electrons. The Morgan fingerprint density at radius 3 is 1.54 bits per heavy atom. The summed E-state index contributed by atoms with van der Waals surface area (Å²) in [6.07, 6.45) is 0. The first kappa shape index (κ1) is 27.9. The van der Waals surface area contributed by atoms with Gasteiger partial charge in [0.1, 0.15) is 0 Å². The molecule has 2 heterocycles. The Labute approximate surface area is 279 Å². The van der Waals surface area contributed by atoms with E-state index in [0.717, 1.165) is 61.4 Å². The van der Waals surface area contributed by atoms with Crippen molar-refractivity contribution in [1.82, 2.24) is 9.97 Å². The van der Waals surface area contributed by atoms with Crippen molar-refractivity contribution >= 4 is 32.4 Å². The van der Waals surface area contributed by atoms with Gasteiger partial charge in [0.05, 0.1) is 22.6 Å². The molecule has 9 rings (SSSR count). The molecule has 0 N–H and O–H groups in total. The van der Waals surface area contributed by atoms with E-state index in [4.69, 9.17) is 9.97 Å². The molecule has 0 aliphatic heterocycles. The van der Waals surface area contributed by atoms with Crippen LogP contribution in [-0.2, 0) is 0 Å². The molecular weight excluding hydrogens is 581 g/mol. The molecule has 0 saturated carbocycles. The van der Waals surface area contributed by atoms with Crippen LogP contribution in [0.2, 0.25) is 0 Å². The molecule has 0 spiro atoms. The lowest BCUT2D eigenvalue weighted by Crippen LogP contribution is -1.93. The van der Waals surface area contributed by atoms with Crippen LogP contribution in [0.25, 0.3) is 88.5 Å². The second-order valence-electron chi connectivity index (χ2n) is 12.2. The molecule has 9 aromatic rings. The molecule has 0 amide bonds. The van der Waals surface area contributed by atoms with E-state index in [1.807, 2.05) is 12.1 Å². The fraction of sp³-hybridized carbons (Fsp3) is 0. The molecular formula is C46H30N2. The van der Waals surface area contributed by atoms with Crippen LogP contribution >= 0.6 is 0 Å². The lowest BCUT2D eigenvalue weighted by molar-refractivity contribution is 1.32. The average molecular weight is 611 g/mol. The van der Waals surface area contributed by atoms with Crippen LogP contribution in [0.1, 0.15) is 0 Å². The maximum Gasteiger partial charge on any atom is 0.0715 e. The molecule has 2 heteroatoms. The summed E-state index contributed by atoms with van der Waals surface area (Å²) in [4.78, 5) is 10.3. The minimum atomic E-state index is 0.943. The number of rotatable bonds is 5. The first-order chi connectivity index (χ1) is 23.8. The highest BCUT2D eigenvalue weighted by Gasteiger charge is 2.15. The summed E-state index contributed by atoms with van der Waals surface area (Å²) >= 11 is 0. The SMILES string of the molecule is c1ccc(-c2cc(-c3cc(-c4ccc5ccccc5n4)cc(-c4cc5ccccc5c5ccccc45)c3)cc(-c3ccccc3)n2)cc1. The third-order valence-corrected chi connectivity index (χ3v) is 9.20. The topological polar surface area (TPSA) is 25.8 Å². The molecule has 48 heavy (non-hydrogen) atoms. The predicted octanol–water partition coefficient (Wildman–Crippen LogP) is 12.3. The van der Waals surface area contributed by atoms with Crippen LogP contribution in [0.4, 0.5) is 0 Å². The summed E-state index contributed by atoms with van der Waals surface area (Å²) in [5, 5.41) is 6.10. The molecule has 0 radical (unpaired) electrons. The Morgan fingerprint density at radius 2 is 0.812 bits per heavy atom. The van der Waals surface area contributed by atoms with Gasteiger partial charge < -0.3 is 0 Å². The van der Waals surface area contributed by atoms with E-state index >= 15 is 0 Å². The quantitative estimate of drug-likeness (QED) is 0.181. The Hall–Kier alpha value is -6.38. The maximum atomic E-state index is 5.16. The number of fused-ring (bicyclic) bond motifs is 4. The lowest BCUT2D eigenvalue weighted by atomic mass is 9.89. The molecule has 7 aromatic carbocycles. The summed E-state index contributed by atoms with van der Waals surface area (Å²) in [6.45, 7) is 0. The summed E-state index contributed by atoms with van der Waals surface area (Å²) in [7, 11) is 0. The van der Waals surface area contributed by atoms with Gasteiger partial charge in [0.2, 0.25) is 0 Å². The van der Waals surface area contributed by atoms with E-state index in [1.165, 1.54) is 27.1 Å². The highest BCUT2D eigenvalue weighted by Crippen LogP contribution is 2.40. The zero-order valence-electron chi connectivity index (χ0n) is 26.2. The van der Waals surface area contributed by atoms with Crippen LogP contribution in [-0.4, -0.2) is 9.97 Å². The van der Waals surface area contributed by atoms with Crippen molar-refractivity contribution in [2.24, 2.45) is 0 Å². The largest absolute Gasteiger partial charge is 0.248 e. The minimum Gasteiger partial charge on any atom is -0.248 e. The highest BCUT2D eigenvalue weighted by atomic mass is 14.7. The van der Waals surface area contributed by atoms with Crippen molar-refractivity contribution in [3.05, 3.63) is 182 Å². The van der Waals surface area contributed by atoms with E-state index in [2.05, 4.69) is 170 Å². The van der Waals surface area contributed by atoms with Crippen molar-refractivity contribution in [3.63, 3.8) is 0 Å². The lowest BCUT2D eigenvalue weighted by Gasteiger charge is -2.16. The van der Waals surface area contributed by atoms with Crippen LogP contribution in [0.15, 0.2) is 182 Å². The highest BCUT2D eigenvalue weighted by molar-refractivity contribution is 6.14. The molecule has 0 atom stereocenters. The van der Waals surface area contributed by atoms with Crippen LogP contribution < -0.4 is 0 Å². The average Bonchev–Trinajstić information content (AvgIpc) is 3.17. The Kier molecular flexibility index (Phi) is 6.84. The molecule has 0 bridgehead atoms. The Balaban J connectivity index is 1.33. The second-order valence-corrected chi connectivity index (χ2v) is 12.2. The monoisotopic (exact) mass is 610 g/mol. The third-order valence-electron chi connectivity index (χ3n) is 9.20. The number of benzene rings is 7. The molecule has 0 unspecified atom stereocenters. The van der Waals surface area contributed by atoms with Gasteiger partial charge in [-0.05, 0) is 92.3 Å². The summed E-state index contributed by atoms with van der Waals surface area (Å²) in [5.74, 6) is 0. The molecule has 0 fully saturated rings. The van der Waals surface area contributed by atoms with Gasteiger partial charge in [-0.1, -0.05) is 133 Å². The number of hydrogen-bond donors (Lipinski definition) is 0. The van der Waals surface area contributed by atoms with Crippen molar-refractivity contribution in [2.75, 3.05) is 0 Å². The van der Waals surface area contributed by atoms with Gasteiger partial charge in [0.15, 0.2) is 0 Å². The fourth-order valence-corrected chi connectivity index (χ4v) is 6.83. The first-order valence-corrected chi connectivity index (χ1v) is 16.3. The maximum absolute atomic E-state index is 5.16. The van der Waals surface area contributed by atoms with Gasteiger partial charge in [-0.15, -0.1) is 0 Å². The first-order valence-electron chi connectivity index (χ1n) is 16.3. The summed E-state index contributed by atoms with van der Waals surface area (Å²) in [6, 6.07) is 64.6. The Morgan fingerprint density at radius 1 is 0.271 bits per heavy atom. The van der Waals surface area contributed by atoms with E-state index in [1.54, 1.807) is 0 Å². The zero-order valence-corrected chi connectivity index (χ0v) is 26.2. The number of para-hydroxylation sites is 1. The second kappa shape index (κ2) is 11.8. The molecule has 0 saturated heterocycles. The van der Waals surface area contributed by atoms with Crippen molar-refractivity contribution in [2.45, 2.75) is 0 Å². The number of aromatic nitrogens is 2. The van der Waals surface area contributed by atoms with Gasteiger partial charge in [-0.25, -0.2) is 9.97 Å². The van der Waals surface area contributed by atoms with Gasteiger partial charge in [0.25, 0.3) is 0 Å². The van der Waals surface area contributed by atoms with E-state index < -0.39 is 0 Å². The third kappa shape index (κ3) is 5.10. The van der Waals surface area contributed by atoms with E-state index in [9.17, 15) is 0 Å². The predicted molar refractivity (Wildman–Crippen MR) is 202 cm³/mol. The van der Waals surface area contributed by atoms with E-state index in [0.29, 0.717) is 0 Å². The van der Waals surface area contributed by atoms with Crippen molar-refractivity contribution in [3.8, 4) is 56.0 Å². The molecule has 0 aliphatic carbocycles. The molecule has 2 aromatic heterocycles. The van der Waals surface area contributed by atoms with Crippen molar-refractivity contribution in [1.29, 1.82) is 0 Å². The van der Waals surface area contributed by atoms with Gasteiger partial charge in [0, 0.05) is 22.1 Å².